The third-order valence-corrected chi connectivity index (χ3v) is 6.23. The lowest BCUT2D eigenvalue weighted by molar-refractivity contribution is -0.112. The van der Waals surface area contributed by atoms with E-state index in [0.29, 0.717) is 45.5 Å². The van der Waals surface area contributed by atoms with Gasteiger partial charge in [-0.1, -0.05) is 35.9 Å². The van der Waals surface area contributed by atoms with Crippen LogP contribution in [0.3, 0.4) is 0 Å². The van der Waals surface area contributed by atoms with Crippen LogP contribution in [0.2, 0.25) is 5.02 Å². The Kier molecular flexibility index (Phi) is 8.97. The Morgan fingerprint density at radius 1 is 1.06 bits per heavy atom. The minimum Gasteiger partial charge on any atom is -0.490 e. The fourth-order valence-corrected chi connectivity index (χ4v) is 4.10. The maximum atomic E-state index is 12.8. The molecule has 0 aliphatic rings. The molecule has 5 nitrogen and oxygen atoms in total. The highest BCUT2D eigenvalue weighted by molar-refractivity contribution is 9.10. The first-order valence-corrected chi connectivity index (χ1v) is 12.2. The van der Waals surface area contributed by atoms with Gasteiger partial charge in [-0.15, -0.1) is 0 Å². The summed E-state index contributed by atoms with van der Waals surface area (Å²) < 4.78 is 12.6. The van der Waals surface area contributed by atoms with Crippen LogP contribution in [-0.2, 0) is 11.4 Å². The lowest BCUT2D eigenvalue weighted by atomic mass is 10.1. The number of nitrogens with one attached hydrogen (secondary N) is 1. The van der Waals surface area contributed by atoms with E-state index < -0.39 is 5.91 Å². The average molecular weight is 554 g/mol. The number of halogens is 2. The number of ether oxygens (including phenoxy) is 2. The zero-order valence-electron chi connectivity index (χ0n) is 20.0. The van der Waals surface area contributed by atoms with Crippen molar-refractivity contribution in [3.63, 3.8) is 0 Å². The van der Waals surface area contributed by atoms with Gasteiger partial charge in [-0.25, -0.2) is 0 Å². The first-order valence-electron chi connectivity index (χ1n) is 11.1. The maximum Gasteiger partial charge on any atom is 0.266 e. The van der Waals surface area contributed by atoms with Gasteiger partial charge in [-0.3, -0.25) is 4.79 Å². The van der Waals surface area contributed by atoms with Crippen molar-refractivity contribution in [2.24, 2.45) is 0 Å². The van der Waals surface area contributed by atoms with Gasteiger partial charge in [0.1, 0.15) is 18.2 Å². The molecule has 0 spiro atoms. The van der Waals surface area contributed by atoms with E-state index in [2.05, 4.69) is 47.2 Å². The number of hydrogen-bond donors (Lipinski definition) is 1. The Balaban J connectivity index is 1.86. The summed E-state index contributed by atoms with van der Waals surface area (Å²) in [6, 6.07) is 16.9. The topological polar surface area (TPSA) is 71.3 Å². The molecular weight excluding hydrogens is 528 g/mol. The Labute approximate surface area is 219 Å². The van der Waals surface area contributed by atoms with Crippen molar-refractivity contribution in [3.8, 4) is 17.6 Å². The molecule has 180 valence electrons. The van der Waals surface area contributed by atoms with Crippen molar-refractivity contribution >= 4 is 45.2 Å². The number of carbonyl (C=O) groups excluding carboxylic acids is 1. The minimum atomic E-state index is -0.526. The molecule has 0 aliphatic heterocycles. The molecule has 7 heteroatoms. The second-order valence-electron chi connectivity index (χ2n) is 8.05. The first kappa shape index (κ1) is 26.3. The van der Waals surface area contributed by atoms with E-state index in [0.717, 1.165) is 11.1 Å². The van der Waals surface area contributed by atoms with Crippen LogP contribution in [0.5, 0.6) is 11.5 Å². The molecule has 3 aromatic rings. The summed E-state index contributed by atoms with van der Waals surface area (Å²) in [5, 5.41) is 12.9. The fraction of sp³-hybridized carbons (Fsp3) is 0.214. The molecule has 0 saturated heterocycles. The van der Waals surface area contributed by atoms with Gasteiger partial charge in [-0.05, 0) is 102 Å². The van der Waals surface area contributed by atoms with Gasteiger partial charge in [0.05, 0.1) is 11.1 Å². The van der Waals surface area contributed by atoms with Gasteiger partial charge in [-0.2, -0.15) is 5.26 Å². The van der Waals surface area contributed by atoms with Crippen LogP contribution < -0.4 is 14.8 Å². The number of carbonyl (C=O) groups is 1. The van der Waals surface area contributed by atoms with Gasteiger partial charge in [0.25, 0.3) is 5.91 Å². The van der Waals surface area contributed by atoms with Crippen molar-refractivity contribution in [2.75, 3.05) is 11.9 Å². The van der Waals surface area contributed by atoms with E-state index in [-0.39, 0.29) is 5.57 Å². The summed E-state index contributed by atoms with van der Waals surface area (Å²) in [5.41, 5.74) is 5.43. The largest absolute Gasteiger partial charge is 0.490 e. The molecule has 1 N–H and O–H groups in total. The lowest BCUT2D eigenvalue weighted by Crippen LogP contribution is -2.14. The van der Waals surface area contributed by atoms with Gasteiger partial charge in [0.2, 0.25) is 0 Å². The summed E-state index contributed by atoms with van der Waals surface area (Å²) in [5.74, 6) is 0.544. The number of hydrogen-bond acceptors (Lipinski definition) is 4. The monoisotopic (exact) mass is 552 g/mol. The molecule has 0 radical (unpaired) electrons. The molecule has 0 bridgehead atoms. The van der Waals surface area contributed by atoms with Gasteiger partial charge in [0, 0.05) is 10.7 Å². The van der Waals surface area contributed by atoms with Crippen molar-refractivity contribution in [1.29, 1.82) is 5.26 Å². The summed E-state index contributed by atoms with van der Waals surface area (Å²) in [4.78, 5) is 12.8. The first-order chi connectivity index (χ1) is 16.7. The van der Waals surface area contributed by atoms with Crippen LogP contribution in [-0.4, -0.2) is 12.5 Å². The third-order valence-electron chi connectivity index (χ3n) is 5.41. The average Bonchev–Trinajstić information content (AvgIpc) is 2.81. The molecule has 3 aromatic carbocycles. The molecule has 1 amide bonds. The SMILES string of the molecule is CCOc1cc(/C=C(\C#N)C(=O)Nc2cc(Cl)ccc2C)cc(Br)c1OCc1ccc(C)c(C)c1. The maximum absolute atomic E-state index is 12.8. The smallest absolute Gasteiger partial charge is 0.266 e. The summed E-state index contributed by atoms with van der Waals surface area (Å²) in [6.07, 6.45) is 1.51. The second kappa shape index (κ2) is 11.9. The zero-order valence-corrected chi connectivity index (χ0v) is 22.4. The molecular formula is C28H26BrClN2O3. The number of nitrogens with zero attached hydrogens (tertiary/aromatic N) is 1. The van der Waals surface area contributed by atoms with Crippen LogP contribution in [0, 0.1) is 32.1 Å². The summed E-state index contributed by atoms with van der Waals surface area (Å²) >= 11 is 9.60. The molecule has 3 rings (SSSR count). The molecule has 0 atom stereocenters. The summed E-state index contributed by atoms with van der Waals surface area (Å²) in [6.45, 7) is 8.67. The molecule has 0 aliphatic carbocycles. The lowest BCUT2D eigenvalue weighted by Gasteiger charge is -2.15. The van der Waals surface area contributed by atoms with E-state index in [4.69, 9.17) is 21.1 Å². The van der Waals surface area contributed by atoms with Crippen molar-refractivity contribution < 1.29 is 14.3 Å². The zero-order chi connectivity index (χ0) is 25.5. The number of nitriles is 1. The molecule has 0 fully saturated rings. The number of rotatable bonds is 8. The molecule has 0 unspecified atom stereocenters. The molecule has 0 heterocycles. The predicted molar refractivity (Wildman–Crippen MR) is 144 cm³/mol. The minimum absolute atomic E-state index is 0.0532. The van der Waals surface area contributed by atoms with Crippen molar-refractivity contribution in [2.45, 2.75) is 34.3 Å². The van der Waals surface area contributed by atoms with E-state index in [1.165, 1.54) is 17.2 Å². The van der Waals surface area contributed by atoms with E-state index in [1.54, 1.807) is 30.3 Å². The molecule has 0 saturated carbocycles. The highest BCUT2D eigenvalue weighted by Crippen LogP contribution is 2.38. The fourth-order valence-electron chi connectivity index (χ4n) is 3.36. The van der Waals surface area contributed by atoms with E-state index in [9.17, 15) is 10.1 Å². The number of amides is 1. The quantitative estimate of drug-likeness (QED) is 0.231. The third kappa shape index (κ3) is 6.88. The van der Waals surface area contributed by atoms with Crippen LogP contribution >= 0.6 is 27.5 Å². The Hall–Kier alpha value is -3.27. The Bertz CT molecular complexity index is 1330. The standard InChI is InChI=1S/C28H26BrClN2O3/c1-5-34-26-13-21(11-22(15-31)28(33)32-25-14-23(30)9-7-18(25)3)12-24(29)27(26)35-16-20-8-6-17(2)19(4)10-20/h6-14H,5,16H2,1-4H3,(H,32,33)/b22-11+. The van der Waals surface area contributed by atoms with Crippen LogP contribution in [0.1, 0.15) is 34.7 Å². The molecule has 35 heavy (non-hydrogen) atoms. The van der Waals surface area contributed by atoms with Gasteiger partial charge in [0.15, 0.2) is 11.5 Å². The van der Waals surface area contributed by atoms with Crippen LogP contribution in [0.4, 0.5) is 5.69 Å². The second-order valence-corrected chi connectivity index (χ2v) is 9.34. The van der Waals surface area contributed by atoms with Crippen LogP contribution in [0.25, 0.3) is 6.08 Å². The van der Waals surface area contributed by atoms with E-state index in [1.807, 2.05) is 26.0 Å². The van der Waals surface area contributed by atoms with Gasteiger partial charge >= 0.3 is 0 Å². The number of aryl methyl sites for hydroxylation is 3. The highest BCUT2D eigenvalue weighted by Gasteiger charge is 2.15. The molecule has 0 aromatic heterocycles. The number of anilines is 1. The highest BCUT2D eigenvalue weighted by atomic mass is 79.9. The van der Waals surface area contributed by atoms with Crippen LogP contribution in [0.15, 0.2) is 58.6 Å². The van der Waals surface area contributed by atoms with Crippen molar-refractivity contribution in [3.05, 3.63) is 91.4 Å². The summed E-state index contributed by atoms with van der Waals surface area (Å²) in [7, 11) is 0. The normalized spacial score (nSPS) is 11.1. The number of benzene rings is 3. The predicted octanol–water partition coefficient (Wildman–Crippen LogP) is 7.55. The van der Waals surface area contributed by atoms with Gasteiger partial charge < -0.3 is 14.8 Å². The Morgan fingerprint density at radius 3 is 2.49 bits per heavy atom. The van der Waals surface area contributed by atoms with Crippen molar-refractivity contribution in [1.82, 2.24) is 0 Å². The Morgan fingerprint density at radius 2 is 1.80 bits per heavy atom. The van der Waals surface area contributed by atoms with E-state index >= 15 is 0 Å².